The maximum absolute atomic E-state index is 12.5. The van der Waals surface area contributed by atoms with Gasteiger partial charge in [-0.1, -0.05) is 12.1 Å². The monoisotopic (exact) mass is 317 g/mol. The van der Waals surface area contributed by atoms with Gasteiger partial charge in [0.2, 0.25) is 5.91 Å². The van der Waals surface area contributed by atoms with E-state index >= 15 is 0 Å². The molecule has 124 valence electrons. The molecule has 6 heteroatoms. The summed E-state index contributed by atoms with van der Waals surface area (Å²) < 4.78 is 6.55. The van der Waals surface area contributed by atoms with Gasteiger partial charge in [0.15, 0.2) is 0 Å². The predicted molar refractivity (Wildman–Crippen MR) is 89.5 cm³/mol. The first-order valence-corrected chi connectivity index (χ1v) is 7.65. The van der Waals surface area contributed by atoms with E-state index in [-0.39, 0.29) is 23.9 Å². The molecule has 0 aliphatic heterocycles. The predicted octanol–water partition coefficient (Wildman–Crippen LogP) is 1.59. The first-order valence-electron chi connectivity index (χ1n) is 7.65. The molecular formula is C17H23N3O3. The van der Waals surface area contributed by atoms with E-state index in [2.05, 4.69) is 4.98 Å². The van der Waals surface area contributed by atoms with Crippen molar-refractivity contribution in [2.24, 2.45) is 0 Å². The Hall–Kier alpha value is -2.21. The number of amides is 1. The summed E-state index contributed by atoms with van der Waals surface area (Å²) in [5.74, 6) is -0.0224. The maximum Gasteiger partial charge on any atom is 0.261 e. The number of nitrogens with zero attached hydrogens (tertiary/aromatic N) is 3. The molecule has 6 nitrogen and oxygen atoms in total. The van der Waals surface area contributed by atoms with Crippen LogP contribution in [0.15, 0.2) is 29.3 Å². The van der Waals surface area contributed by atoms with Crippen molar-refractivity contribution in [3.8, 4) is 0 Å². The number of para-hydroxylation sites is 1. The van der Waals surface area contributed by atoms with Crippen LogP contribution in [0.3, 0.4) is 0 Å². The van der Waals surface area contributed by atoms with E-state index in [1.807, 2.05) is 26.0 Å². The molecule has 1 atom stereocenters. The Labute approximate surface area is 135 Å². The van der Waals surface area contributed by atoms with E-state index in [9.17, 15) is 9.59 Å². The van der Waals surface area contributed by atoms with Crippen molar-refractivity contribution in [3.05, 3.63) is 40.4 Å². The van der Waals surface area contributed by atoms with Crippen LogP contribution < -0.4 is 5.56 Å². The molecule has 0 bridgehead atoms. The number of carbonyl (C=O) groups excluding carboxylic acids is 1. The fourth-order valence-electron chi connectivity index (χ4n) is 2.49. The second-order valence-electron chi connectivity index (χ2n) is 5.77. The quantitative estimate of drug-likeness (QED) is 0.811. The Morgan fingerprint density at radius 1 is 1.43 bits per heavy atom. The molecule has 0 saturated carbocycles. The number of carbonyl (C=O) groups is 1. The molecule has 0 fully saturated rings. The van der Waals surface area contributed by atoms with Gasteiger partial charge in [0.25, 0.3) is 5.56 Å². The fraction of sp³-hybridized carbons (Fsp3) is 0.471. The topological polar surface area (TPSA) is 64.4 Å². The standard InChI is InChI=1S/C17H23N3O3/c1-12-6-5-7-14-16(12)18-11-20(17(14)22)9-8-15(21)19(3)13(2)10-23-4/h5-7,11,13H,8-10H2,1-4H3/t13-/m0/s1. The number of fused-ring (bicyclic) bond motifs is 1. The van der Waals surface area contributed by atoms with Gasteiger partial charge in [-0.25, -0.2) is 4.98 Å². The third kappa shape index (κ3) is 3.76. The van der Waals surface area contributed by atoms with Crippen molar-refractivity contribution in [2.75, 3.05) is 20.8 Å². The zero-order valence-corrected chi connectivity index (χ0v) is 14.1. The summed E-state index contributed by atoms with van der Waals surface area (Å²) in [6.07, 6.45) is 1.77. The van der Waals surface area contributed by atoms with E-state index in [1.165, 1.54) is 10.9 Å². The minimum absolute atomic E-state index is 0.00148. The van der Waals surface area contributed by atoms with Gasteiger partial charge in [0.05, 0.1) is 29.9 Å². The van der Waals surface area contributed by atoms with Gasteiger partial charge in [0, 0.05) is 27.1 Å². The summed E-state index contributed by atoms with van der Waals surface area (Å²) in [6, 6.07) is 5.54. The molecule has 0 spiro atoms. The highest BCUT2D eigenvalue weighted by atomic mass is 16.5. The van der Waals surface area contributed by atoms with E-state index < -0.39 is 0 Å². The highest BCUT2D eigenvalue weighted by molar-refractivity contribution is 5.80. The van der Waals surface area contributed by atoms with Crippen molar-refractivity contribution in [2.45, 2.75) is 32.9 Å². The number of rotatable bonds is 6. The highest BCUT2D eigenvalue weighted by Gasteiger charge is 2.16. The van der Waals surface area contributed by atoms with Gasteiger partial charge in [-0.15, -0.1) is 0 Å². The van der Waals surface area contributed by atoms with Crippen LogP contribution in [0.2, 0.25) is 0 Å². The maximum atomic E-state index is 12.5. The van der Waals surface area contributed by atoms with Crippen molar-refractivity contribution < 1.29 is 9.53 Å². The van der Waals surface area contributed by atoms with E-state index in [1.54, 1.807) is 25.1 Å². The third-order valence-corrected chi connectivity index (χ3v) is 4.08. The smallest absolute Gasteiger partial charge is 0.261 e. The zero-order chi connectivity index (χ0) is 17.0. The molecule has 0 N–H and O–H groups in total. The summed E-state index contributed by atoms with van der Waals surface area (Å²) in [6.45, 7) is 4.65. The summed E-state index contributed by atoms with van der Waals surface area (Å²) in [5.41, 5.74) is 1.57. The normalized spacial score (nSPS) is 12.3. The summed E-state index contributed by atoms with van der Waals surface area (Å²) >= 11 is 0. The average molecular weight is 317 g/mol. The first-order chi connectivity index (χ1) is 11.0. The molecule has 0 aliphatic carbocycles. The molecule has 1 amide bonds. The van der Waals surface area contributed by atoms with Crippen molar-refractivity contribution in [1.29, 1.82) is 0 Å². The Morgan fingerprint density at radius 2 is 2.17 bits per heavy atom. The van der Waals surface area contributed by atoms with Gasteiger partial charge in [-0.05, 0) is 25.5 Å². The highest BCUT2D eigenvalue weighted by Crippen LogP contribution is 2.11. The van der Waals surface area contributed by atoms with Crippen molar-refractivity contribution in [1.82, 2.24) is 14.5 Å². The number of likely N-dealkylation sites (N-methyl/N-ethyl adjacent to an activating group) is 1. The Balaban J connectivity index is 2.12. The fourth-order valence-corrected chi connectivity index (χ4v) is 2.49. The SMILES string of the molecule is COC[C@H](C)N(C)C(=O)CCn1cnc2c(C)cccc2c1=O. The van der Waals surface area contributed by atoms with Crippen molar-refractivity contribution >= 4 is 16.8 Å². The number of aromatic nitrogens is 2. The van der Waals surface area contributed by atoms with Crippen LogP contribution in [-0.4, -0.2) is 47.2 Å². The molecule has 23 heavy (non-hydrogen) atoms. The zero-order valence-electron chi connectivity index (χ0n) is 14.1. The summed E-state index contributed by atoms with van der Waals surface area (Å²) in [5, 5.41) is 0.584. The lowest BCUT2D eigenvalue weighted by atomic mass is 10.1. The number of hydrogen-bond acceptors (Lipinski definition) is 4. The van der Waals surface area contributed by atoms with Crippen LogP contribution in [0.25, 0.3) is 10.9 Å². The van der Waals surface area contributed by atoms with Crippen LogP contribution in [0, 0.1) is 6.92 Å². The minimum Gasteiger partial charge on any atom is -0.383 e. The van der Waals surface area contributed by atoms with Gasteiger partial charge in [-0.3, -0.25) is 14.2 Å². The Bertz CT molecular complexity index is 754. The average Bonchev–Trinajstić information content (AvgIpc) is 2.54. The number of aryl methyl sites for hydroxylation is 2. The molecule has 0 unspecified atom stereocenters. The second-order valence-corrected chi connectivity index (χ2v) is 5.77. The van der Waals surface area contributed by atoms with E-state index in [0.717, 1.165) is 5.56 Å². The molecule has 0 saturated heterocycles. The molecule has 0 aliphatic rings. The Morgan fingerprint density at radius 3 is 2.87 bits per heavy atom. The molecular weight excluding hydrogens is 294 g/mol. The van der Waals surface area contributed by atoms with Gasteiger partial charge < -0.3 is 9.64 Å². The van der Waals surface area contributed by atoms with E-state index in [0.29, 0.717) is 24.1 Å². The van der Waals surface area contributed by atoms with Crippen LogP contribution >= 0.6 is 0 Å². The molecule has 1 heterocycles. The van der Waals surface area contributed by atoms with Gasteiger partial charge >= 0.3 is 0 Å². The lowest BCUT2D eigenvalue weighted by Crippen LogP contribution is -2.38. The van der Waals surface area contributed by atoms with Crippen LogP contribution in [0.1, 0.15) is 18.9 Å². The lowest BCUT2D eigenvalue weighted by Gasteiger charge is -2.24. The molecule has 2 rings (SSSR count). The second kappa shape index (κ2) is 7.37. The van der Waals surface area contributed by atoms with Crippen molar-refractivity contribution in [3.63, 3.8) is 0 Å². The summed E-state index contributed by atoms with van der Waals surface area (Å²) in [7, 11) is 3.36. The van der Waals surface area contributed by atoms with E-state index in [4.69, 9.17) is 4.74 Å². The number of benzene rings is 1. The lowest BCUT2D eigenvalue weighted by molar-refractivity contribution is -0.132. The number of ether oxygens (including phenoxy) is 1. The van der Waals surface area contributed by atoms with Crippen LogP contribution in [-0.2, 0) is 16.1 Å². The van der Waals surface area contributed by atoms with Crippen LogP contribution in [0.5, 0.6) is 0 Å². The largest absolute Gasteiger partial charge is 0.383 e. The molecule has 2 aromatic rings. The third-order valence-electron chi connectivity index (χ3n) is 4.08. The first kappa shape index (κ1) is 17.1. The van der Waals surface area contributed by atoms with Crippen LogP contribution in [0.4, 0.5) is 0 Å². The molecule has 0 radical (unpaired) electrons. The minimum atomic E-state index is -0.112. The Kier molecular flexibility index (Phi) is 5.50. The summed E-state index contributed by atoms with van der Waals surface area (Å²) in [4.78, 5) is 30.7. The molecule has 1 aromatic heterocycles. The van der Waals surface area contributed by atoms with Gasteiger partial charge in [0.1, 0.15) is 0 Å². The van der Waals surface area contributed by atoms with Gasteiger partial charge in [-0.2, -0.15) is 0 Å². The number of methoxy groups -OCH3 is 1. The number of hydrogen-bond donors (Lipinski definition) is 0. The molecule has 1 aromatic carbocycles.